The molecule has 1 aliphatic heterocycles. The first kappa shape index (κ1) is 19.2. The molecular weight excluding hydrogens is 357 g/mol. The van der Waals surface area contributed by atoms with Gasteiger partial charge in [-0.1, -0.05) is 48.5 Å². The van der Waals surface area contributed by atoms with E-state index in [1.54, 1.807) is 6.07 Å². The number of carbonyl (C=O) groups excluding carboxylic acids is 1. The van der Waals surface area contributed by atoms with Crippen LogP contribution < -0.4 is 10.1 Å². The number of halogens is 3. The molecule has 2 unspecified atom stereocenters. The summed E-state index contributed by atoms with van der Waals surface area (Å²) in [4.78, 5) is 14.2. The van der Waals surface area contributed by atoms with Gasteiger partial charge in [-0.2, -0.15) is 13.2 Å². The van der Waals surface area contributed by atoms with Crippen LogP contribution in [0.5, 0.6) is 5.75 Å². The zero-order valence-corrected chi connectivity index (χ0v) is 14.9. The Morgan fingerprint density at radius 2 is 1.81 bits per heavy atom. The maximum Gasteiger partial charge on any atom is 0.404 e. The highest BCUT2D eigenvalue weighted by Gasteiger charge is 2.49. The highest BCUT2D eigenvalue weighted by atomic mass is 19.4. The Hall–Kier alpha value is -2.54. The van der Waals surface area contributed by atoms with E-state index in [0.717, 1.165) is 5.56 Å². The minimum absolute atomic E-state index is 0.0583. The molecule has 1 heterocycles. The first-order chi connectivity index (χ1) is 12.9. The van der Waals surface area contributed by atoms with Crippen molar-refractivity contribution >= 4 is 5.91 Å². The van der Waals surface area contributed by atoms with E-state index >= 15 is 0 Å². The van der Waals surface area contributed by atoms with E-state index in [1.807, 2.05) is 30.3 Å². The zero-order chi connectivity index (χ0) is 19.4. The zero-order valence-electron chi connectivity index (χ0n) is 14.9. The van der Waals surface area contributed by atoms with Crippen molar-refractivity contribution in [2.24, 2.45) is 0 Å². The minimum atomic E-state index is -4.71. The van der Waals surface area contributed by atoms with Crippen LogP contribution in [0.15, 0.2) is 54.6 Å². The summed E-state index contributed by atoms with van der Waals surface area (Å²) >= 11 is 0. The highest BCUT2D eigenvalue weighted by molar-refractivity contribution is 5.85. The quantitative estimate of drug-likeness (QED) is 0.885. The van der Waals surface area contributed by atoms with Gasteiger partial charge < -0.3 is 15.0 Å². The Kier molecular flexibility index (Phi) is 5.70. The molecule has 1 N–H and O–H groups in total. The molecule has 27 heavy (non-hydrogen) atoms. The average Bonchev–Trinajstić information content (AvgIpc) is 2.68. The fraction of sp³-hybridized carbons (Fsp3) is 0.350. The lowest BCUT2D eigenvalue weighted by atomic mass is 9.94. The molecule has 2 aromatic rings. The molecule has 3 rings (SSSR count). The van der Waals surface area contributed by atoms with Crippen LogP contribution >= 0.6 is 0 Å². The molecule has 0 aliphatic carbocycles. The summed E-state index contributed by atoms with van der Waals surface area (Å²) in [6, 6.07) is 15.0. The largest absolute Gasteiger partial charge is 0.496 e. The van der Waals surface area contributed by atoms with Crippen LogP contribution in [0.1, 0.15) is 23.1 Å². The molecule has 7 heteroatoms. The first-order valence-electron chi connectivity index (χ1n) is 8.68. The first-order valence-corrected chi connectivity index (χ1v) is 8.68. The number of rotatable bonds is 4. The molecule has 0 saturated carbocycles. The van der Waals surface area contributed by atoms with Gasteiger partial charge in [0, 0.05) is 31.2 Å². The number of benzene rings is 2. The molecule has 4 nitrogen and oxygen atoms in total. The van der Waals surface area contributed by atoms with Crippen molar-refractivity contribution in [3.63, 3.8) is 0 Å². The van der Waals surface area contributed by atoms with Gasteiger partial charge in [-0.25, -0.2) is 0 Å². The van der Waals surface area contributed by atoms with Gasteiger partial charge >= 0.3 is 6.18 Å². The summed E-state index contributed by atoms with van der Waals surface area (Å²) in [5.41, 5.74) is 0.781. The molecule has 2 aromatic carbocycles. The predicted octanol–water partition coefficient (Wildman–Crippen LogP) is 3.51. The number of ether oxygens (including phenoxy) is 1. The van der Waals surface area contributed by atoms with Crippen LogP contribution in [0.3, 0.4) is 0 Å². The smallest absolute Gasteiger partial charge is 0.404 e. The third kappa shape index (κ3) is 4.24. The van der Waals surface area contributed by atoms with Gasteiger partial charge in [0.1, 0.15) is 5.75 Å². The van der Waals surface area contributed by atoms with E-state index in [0.29, 0.717) is 6.54 Å². The van der Waals surface area contributed by atoms with Crippen molar-refractivity contribution in [3.05, 3.63) is 65.7 Å². The van der Waals surface area contributed by atoms with Crippen molar-refractivity contribution in [2.75, 3.05) is 26.7 Å². The number of nitrogens with one attached hydrogen (secondary N) is 1. The number of alkyl halides is 3. The Balaban J connectivity index is 1.88. The molecule has 1 fully saturated rings. The number of carbonyl (C=O) groups is 1. The molecular formula is C20H21F3N2O2. The number of amides is 1. The minimum Gasteiger partial charge on any atom is -0.496 e. The van der Waals surface area contributed by atoms with Crippen LogP contribution in [0, 0.1) is 0 Å². The third-order valence-corrected chi connectivity index (χ3v) is 4.71. The Morgan fingerprint density at radius 1 is 1.15 bits per heavy atom. The van der Waals surface area contributed by atoms with Gasteiger partial charge in [0.2, 0.25) is 5.91 Å². The lowest BCUT2D eigenvalue weighted by molar-refractivity contribution is -0.173. The second-order valence-corrected chi connectivity index (χ2v) is 6.42. The number of hydrogen-bond donors (Lipinski definition) is 1. The van der Waals surface area contributed by atoms with Crippen LogP contribution in [0.25, 0.3) is 0 Å². The van der Waals surface area contributed by atoms with Gasteiger partial charge in [0.05, 0.1) is 7.11 Å². The highest BCUT2D eigenvalue weighted by Crippen LogP contribution is 2.40. The summed E-state index contributed by atoms with van der Waals surface area (Å²) in [7, 11) is 1.30. The topological polar surface area (TPSA) is 41.6 Å². The molecule has 1 aliphatic rings. The lowest BCUT2D eigenvalue weighted by Crippen LogP contribution is -2.51. The molecule has 0 bridgehead atoms. The summed E-state index contributed by atoms with van der Waals surface area (Å²) in [5, 5.41) is 3.26. The van der Waals surface area contributed by atoms with E-state index < -0.39 is 18.0 Å². The Labute approximate surface area is 155 Å². The van der Waals surface area contributed by atoms with Gasteiger partial charge in [0.25, 0.3) is 0 Å². The summed E-state index contributed by atoms with van der Waals surface area (Å²) < 4.78 is 46.6. The van der Waals surface area contributed by atoms with Crippen LogP contribution in [-0.4, -0.2) is 43.7 Å². The molecule has 2 atom stereocenters. The summed E-state index contributed by atoms with van der Waals surface area (Å²) in [5.74, 6) is -3.14. The molecule has 0 aromatic heterocycles. The van der Waals surface area contributed by atoms with Crippen molar-refractivity contribution < 1.29 is 22.7 Å². The Morgan fingerprint density at radius 3 is 2.48 bits per heavy atom. The fourth-order valence-electron chi connectivity index (χ4n) is 3.40. The van der Waals surface area contributed by atoms with Crippen molar-refractivity contribution in [2.45, 2.75) is 18.1 Å². The van der Waals surface area contributed by atoms with Gasteiger partial charge in [-0.05, 0) is 11.6 Å². The number of hydrogen-bond acceptors (Lipinski definition) is 3. The molecule has 1 saturated heterocycles. The van der Waals surface area contributed by atoms with E-state index in [9.17, 15) is 18.0 Å². The van der Waals surface area contributed by atoms with Crippen molar-refractivity contribution in [1.29, 1.82) is 0 Å². The maximum atomic E-state index is 13.8. The van der Waals surface area contributed by atoms with E-state index in [-0.39, 0.29) is 30.4 Å². The van der Waals surface area contributed by atoms with E-state index in [4.69, 9.17) is 4.74 Å². The van der Waals surface area contributed by atoms with Crippen molar-refractivity contribution in [1.82, 2.24) is 10.2 Å². The van der Waals surface area contributed by atoms with Crippen LogP contribution in [0.2, 0.25) is 0 Å². The SMILES string of the molecule is COc1ccccc1C(C(=O)N1CCNC(c2ccccc2)C1)C(F)(F)F. The molecule has 0 spiro atoms. The standard InChI is InChI=1S/C20H21F3N2O2/c1-27-17-10-6-5-9-15(17)18(20(21,22)23)19(26)25-12-11-24-16(13-25)14-7-3-2-4-8-14/h2-10,16,18,24H,11-13H2,1H3. The number of piperazine rings is 1. The molecule has 0 radical (unpaired) electrons. The Bertz CT molecular complexity index is 780. The third-order valence-electron chi connectivity index (χ3n) is 4.71. The number of para-hydroxylation sites is 1. The van der Waals surface area contributed by atoms with Crippen molar-refractivity contribution in [3.8, 4) is 5.75 Å². The number of methoxy groups -OCH3 is 1. The predicted molar refractivity (Wildman–Crippen MR) is 95.6 cm³/mol. The van der Waals surface area contributed by atoms with E-state index in [2.05, 4.69) is 5.32 Å². The second kappa shape index (κ2) is 8.00. The molecule has 144 valence electrons. The summed E-state index contributed by atoms with van der Waals surface area (Å²) in [6.07, 6.45) is -4.71. The maximum absolute atomic E-state index is 13.8. The van der Waals surface area contributed by atoms with Gasteiger partial charge in [-0.3, -0.25) is 4.79 Å². The van der Waals surface area contributed by atoms with Gasteiger partial charge in [0.15, 0.2) is 5.92 Å². The lowest BCUT2D eigenvalue weighted by Gasteiger charge is -2.36. The molecule has 1 amide bonds. The van der Waals surface area contributed by atoms with Gasteiger partial charge in [-0.15, -0.1) is 0 Å². The normalized spacial score (nSPS) is 18.8. The average molecular weight is 378 g/mol. The second-order valence-electron chi connectivity index (χ2n) is 6.42. The summed E-state index contributed by atoms with van der Waals surface area (Å²) in [6.45, 7) is 0.844. The van der Waals surface area contributed by atoms with E-state index in [1.165, 1.54) is 30.2 Å². The monoisotopic (exact) mass is 378 g/mol. The number of nitrogens with zero attached hydrogens (tertiary/aromatic N) is 1. The fourth-order valence-corrected chi connectivity index (χ4v) is 3.40. The van der Waals surface area contributed by atoms with Crippen LogP contribution in [-0.2, 0) is 4.79 Å². The van der Waals surface area contributed by atoms with Crippen LogP contribution in [0.4, 0.5) is 13.2 Å².